The van der Waals surface area contributed by atoms with E-state index in [0.29, 0.717) is 0 Å². The van der Waals surface area contributed by atoms with Gasteiger partial charge in [0.2, 0.25) is 5.91 Å². The van der Waals surface area contributed by atoms with Crippen LogP contribution in [-0.2, 0) is 11.2 Å². The number of amides is 1. The molecule has 0 aliphatic heterocycles. The van der Waals surface area contributed by atoms with Gasteiger partial charge in [0.1, 0.15) is 0 Å². The quantitative estimate of drug-likeness (QED) is 0.752. The molecule has 0 radical (unpaired) electrons. The van der Waals surface area contributed by atoms with Crippen LogP contribution < -0.4 is 5.32 Å². The van der Waals surface area contributed by atoms with Gasteiger partial charge in [0.05, 0.1) is 12.0 Å². The van der Waals surface area contributed by atoms with Crippen molar-refractivity contribution in [3.63, 3.8) is 0 Å². The highest BCUT2D eigenvalue weighted by Gasteiger charge is 2.38. The lowest BCUT2D eigenvalue weighted by Crippen LogP contribution is -2.25. The van der Waals surface area contributed by atoms with Crippen LogP contribution in [0.1, 0.15) is 50.6 Å². The average Bonchev–Trinajstić information content (AvgIpc) is 3.18. The lowest BCUT2D eigenvalue weighted by molar-refractivity contribution is -0.121. The first-order valence-corrected chi connectivity index (χ1v) is 8.05. The Bertz CT molecular complexity index is 429. The zero-order valence-electron chi connectivity index (χ0n) is 12.1. The lowest BCUT2D eigenvalue weighted by atomic mass is 9.85. The Hall–Kier alpha value is -1.32. The first-order valence-electron chi connectivity index (χ1n) is 8.05. The highest BCUT2D eigenvalue weighted by atomic mass is 16.1. The van der Waals surface area contributed by atoms with Gasteiger partial charge in [-0.05, 0) is 56.3 Å². The minimum absolute atomic E-state index is 0.231. The molecule has 1 amide bonds. The smallest absolute Gasteiger partial charge is 0.220 e. The van der Waals surface area contributed by atoms with Crippen LogP contribution in [-0.4, -0.2) is 22.4 Å². The Balaban J connectivity index is 1.26. The second kappa shape index (κ2) is 6.42. The van der Waals surface area contributed by atoms with Gasteiger partial charge in [-0.3, -0.25) is 4.79 Å². The predicted octanol–water partition coefficient (Wildman–Crippen LogP) is 2.67. The largest absolute Gasteiger partial charge is 0.356 e. The van der Waals surface area contributed by atoms with Crippen molar-refractivity contribution in [1.29, 1.82) is 0 Å². The van der Waals surface area contributed by atoms with E-state index in [1.807, 2.05) is 6.20 Å². The molecule has 4 heteroatoms. The highest BCUT2D eigenvalue weighted by molar-refractivity contribution is 5.75. The monoisotopic (exact) mass is 275 g/mol. The molecule has 2 saturated carbocycles. The highest BCUT2D eigenvalue weighted by Crippen LogP contribution is 2.49. The van der Waals surface area contributed by atoms with Gasteiger partial charge in [-0.25, -0.2) is 4.98 Å². The second-order valence-electron chi connectivity index (χ2n) is 6.49. The number of H-pyrrole nitrogens is 1. The molecule has 2 bridgehead atoms. The van der Waals surface area contributed by atoms with E-state index in [2.05, 4.69) is 15.3 Å². The summed E-state index contributed by atoms with van der Waals surface area (Å²) < 4.78 is 0. The number of aromatic amines is 1. The Labute approximate surface area is 120 Å². The molecule has 3 unspecified atom stereocenters. The average molecular weight is 275 g/mol. The third-order valence-corrected chi connectivity index (χ3v) is 5.11. The van der Waals surface area contributed by atoms with Crippen LogP contribution in [0.25, 0.3) is 0 Å². The minimum Gasteiger partial charge on any atom is -0.356 e. The van der Waals surface area contributed by atoms with Crippen LogP contribution in [0.15, 0.2) is 12.5 Å². The summed E-state index contributed by atoms with van der Waals surface area (Å²) in [4.78, 5) is 19.0. The van der Waals surface area contributed by atoms with Crippen molar-refractivity contribution in [3.8, 4) is 0 Å². The Morgan fingerprint density at radius 2 is 2.35 bits per heavy atom. The molecule has 1 aromatic rings. The summed E-state index contributed by atoms with van der Waals surface area (Å²) in [5.74, 6) is 2.99. The number of hydrogen-bond acceptors (Lipinski definition) is 2. The molecule has 0 saturated heterocycles. The van der Waals surface area contributed by atoms with Crippen LogP contribution in [0.4, 0.5) is 0 Å². The number of imidazole rings is 1. The summed E-state index contributed by atoms with van der Waals surface area (Å²) in [7, 11) is 0. The number of rotatable bonds is 7. The van der Waals surface area contributed by atoms with Crippen molar-refractivity contribution in [1.82, 2.24) is 15.3 Å². The summed E-state index contributed by atoms with van der Waals surface area (Å²) in [6.07, 6.45) is 13.0. The molecule has 2 N–H and O–H groups in total. The fraction of sp³-hybridized carbons (Fsp3) is 0.750. The molecular formula is C16H25N3O. The Morgan fingerprint density at radius 3 is 3.05 bits per heavy atom. The van der Waals surface area contributed by atoms with Gasteiger partial charge < -0.3 is 10.3 Å². The van der Waals surface area contributed by atoms with Crippen molar-refractivity contribution in [2.75, 3.05) is 6.54 Å². The van der Waals surface area contributed by atoms with Gasteiger partial charge in [-0.2, -0.15) is 0 Å². The fourth-order valence-corrected chi connectivity index (χ4v) is 4.06. The maximum atomic E-state index is 11.8. The maximum absolute atomic E-state index is 11.8. The number of aryl methyl sites for hydroxylation is 1. The van der Waals surface area contributed by atoms with Gasteiger partial charge in [0.15, 0.2) is 0 Å². The first kappa shape index (κ1) is 13.7. The summed E-state index contributed by atoms with van der Waals surface area (Å²) >= 11 is 0. The Kier molecular flexibility index (Phi) is 4.38. The van der Waals surface area contributed by atoms with Crippen LogP contribution in [0.5, 0.6) is 0 Å². The van der Waals surface area contributed by atoms with Crippen molar-refractivity contribution >= 4 is 5.91 Å². The van der Waals surface area contributed by atoms with Crippen molar-refractivity contribution in [2.24, 2.45) is 17.8 Å². The van der Waals surface area contributed by atoms with Gasteiger partial charge in [-0.15, -0.1) is 0 Å². The van der Waals surface area contributed by atoms with Gasteiger partial charge in [0, 0.05) is 19.2 Å². The number of hydrogen-bond donors (Lipinski definition) is 2. The van der Waals surface area contributed by atoms with Crippen molar-refractivity contribution in [3.05, 3.63) is 18.2 Å². The standard InChI is InChI=1S/C16H25N3O/c20-16(18-7-1-2-15-10-17-11-19-15)6-5-14-9-12-3-4-13(14)8-12/h10-14H,1-9H2,(H,17,19)(H,18,20). The van der Waals surface area contributed by atoms with Crippen LogP contribution in [0, 0.1) is 17.8 Å². The Morgan fingerprint density at radius 1 is 1.40 bits per heavy atom. The molecule has 0 aromatic carbocycles. The summed E-state index contributed by atoms with van der Waals surface area (Å²) in [5, 5.41) is 3.04. The molecule has 3 rings (SSSR count). The molecule has 3 atom stereocenters. The van der Waals surface area contributed by atoms with E-state index in [1.54, 1.807) is 6.33 Å². The molecule has 1 heterocycles. The molecule has 4 nitrogen and oxygen atoms in total. The first-order chi connectivity index (χ1) is 9.81. The molecule has 0 spiro atoms. The molecule has 2 aliphatic rings. The molecule has 110 valence electrons. The van der Waals surface area contributed by atoms with E-state index in [1.165, 1.54) is 25.7 Å². The molecule has 1 aromatic heterocycles. The van der Waals surface area contributed by atoms with E-state index in [9.17, 15) is 4.79 Å². The number of aromatic nitrogens is 2. The third-order valence-electron chi connectivity index (χ3n) is 5.11. The number of carbonyl (C=O) groups is 1. The van der Waals surface area contributed by atoms with E-state index in [0.717, 1.165) is 55.7 Å². The third kappa shape index (κ3) is 3.41. The maximum Gasteiger partial charge on any atom is 0.220 e. The number of nitrogens with zero attached hydrogens (tertiary/aromatic N) is 1. The lowest BCUT2D eigenvalue weighted by Gasteiger charge is -2.21. The van der Waals surface area contributed by atoms with Crippen molar-refractivity contribution in [2.45, 2.75) is 51.4 Å². The molecule has 2 fully saturated rings. The number of carbonyl (C=O) groups excluding carboxylic acids is 1. The van der Waals surface area contributed by atoms with E-state index in [-0.39, 0.29) is 5.91 Å². The second-order valence-corrected chi connectivity index (χ2v) is 6.49. The van der Waals surface area contributed by atoms with Crippen LogP contribution in [0.3, 0.4) is 0 Å². The fourth-order valence-electron chi connectivity index (χ4n) is 4.06. The molecular weight excluding hydrogens is 250 g/mol. The van der Waals surface area contributed by atoms with E-state index >= 15 is 0 Å². The zero-order chi connectivity index (χ0) is 13.8. The molecule has 20 heavy (non-hydrogen) atoms. The topological polar surface area (TPSA) is 57.8 Å². The summed E-state index contributed by atoms with van der Waals surface area (Å²) in [5.41, 5.74) is 1.07. The SMILES string of the molecule is O=C(CCC1CC2CCC1C2)NCCCc1c[nH]cn1. The summed E-state index contributed by atoms with van der Waals surface area (Å²) in [6.45, 7) is 0.766. The van der Waals surface area contributed by atoms with E-state index in [4.69, 9.17) is 0 Å². The molecule has 2 aliphatic carbocycles. The number of fused-ring (bicyclic) bond motifs is 2. The normalized spacial score (nSPS) is 27.9. The van der Waals surface area contributed by atoms with Crippen LogP contribution >= 0.6 is 0 Å². The van der Waals surface area contributed by atoms with Crippen molar-refractivity contribution < 1.29 is 4.79 Å². The summed E-state index contributed by atoms with van der Waals surface area (Å²) in [6, 6.07) is 0. The predicted molar refractivity (Wildman–Crippen MR) is 78.1 cm³/mol. The minimum atomic E-state index is 0.231. The van der Waals surface area contributed by atoms with Gasteiger partial charge in [0.25, 0.3) is 0 Å². The van der Waals surface area contributed by atoms with Gasteiger partial charge in [-0.1, -0.05) is 6.42 Å². The van der Waals surface area contributed by atoms with Gasteiger partial charge >= 0.3 is 0 Å². The zero-order valence-corrected chi connectivity index (χ0v) is 12.1. The number of nitrogens with one attached hydrogen (secondary N) is 2. The van der Waals surface area contributed by atoms with Crippen LogP contribution in [0.2, 0.25) is 0 Å². The van der Waals surface area contributed by atoms with E-state index < -0.39 is 0 Å².